The number of rotatable bonds is 5. The van der Waals surface area contributed by atoms with Crippen LogP contribution in [0.2, 0.25) is 0 Å². The zero-order chi connectivity index (χ0) is 12.1. The van der Waals surface area contributed by atoms with E-state index < -0.39 is 5.41 Å². The van der Waals surface area contributed by atoms with Crippen molar-refractivity contribution in [1.29, 1.82) is 0 Å². The highest BCUT2D eigenvalue weighted by atomic mass is 16.5. The number of Topliss-reactive ketones (excluding diaryl/α,β-unsaturated/α-hetero) is 1. The van der Waals surface area contributed by atoms with Gasteiger partial charge in [-0.1, -0.05) is 30.3 Å². The van der Waals surface area contributed by atoms with Crippen LogP contribution in [-0.2, 0) is 16.1 Å². The van der Waals surface area contributed by atoms with Gasteiger partial charge in [0.05, 0.1) is 25.2 Å². The predicted octanol–water partition coefficient (Wildman–Crippen LogP) is 1.93. The summed E-state index contributed by atoms with van der Waals surface area (Å²) in [5.41, 5.74) is 0.459. The molecule has 0 unspecified atom stereocenters. The van der Waals surface area contributed by atoms with Gasteiger partial charge in [-0.3, -0.25) is 4.79 Å². The molecule has 1 atom stereocenters. The van der Waals surface area contributed by atoms with Crippen molar-refractivity contribution in [2.24, 2.45) is 5.41 Å². The van der Waals surface area contributed by atoms with Crippen LogP contribution in [0.15, 0.2) is 30.3 Å². The Balaban J connectivity index is 1.87. The van der Waals surface area contributed by atoms with E-state index in [1.54, 1.807) is 0 Å². The molecule has 1 aromatic rings. The van der Waals surface area contributed by atoms with Gasteiger partial charge in [0.1, 0.15) is 5.78 Å². The van der Waals surface area contributed by atoms with Crippen molar-refractivity contribution in [3.05, 3.63) is 35.9 Å². The maximum Gasteiger partial charge on any atom is 0.143 e. The summed E-state index contributed by atoms with van der Waals surface area (Å²) in [7, 11) is 0. The number of hydrogen-bond acceptors (Lipinski definition) is 3. The van der Waals surface area contributed by atoms with Crippen LogP contribution in [0.4, 0.5) is 0 Å². The molecule has 0 aromatic heterocycles. The number of aliphatic hydroxyl groups excluding tert-OH is 1. The number of ether oxygens (including phenoxy) is 1. The Hall–Kier alpha value is -1.19. The zero-order valence-electron chi connectivity index (χ0n) is 9.89. The fourth-order valence-electron chi connectivity index (χ4n) is 2.30. The quantitative estimate of drug-likeness (QED) is 0.846. The lowest BCUT2D eigenvalue weighted by atomic mass is 9.87. The SMILES string of the molecule is O=C1CCC[C@]1(CO)COCc1ccccc1. The van der Waals surface area contributed by atoms with Gasteiger partial charge in [-0.15, -0.1) is 0 Å². The summed E-state index contributed by atoms with van der Waals surface area (Å²) in [5, 5.41) is 9.38. The van der Waals surface area contributed by atoms with E-state index in [0.29, 0.717) is 19.6 Å². The third-order valence-corrected chi connectivity index (χ3v) is 3.44. The smallest absolute Gasteiger partial charge is 0.143 e. The van der Waals surface area contributed by atoms with Crippen LogP contribution in [0.25, 0.3) is 0 Å². The minimum absolute atomic E-state index is 0.0966. The summed E-state index contributed by atoms with van der Waals surface area (Å²) in [6, 6.07) is 9.85. The maximum atomic E-state index is 11.7. The molecule has 1 N–H and O–H groups in total. The first-order valence-electron chi connectivity index (χ1n) is 6.03. The van der Waals surface area contributed by atoms with E-state index in [2.05, 4.69) is 0 Å². The van der Waals surface area contributed by atoms with Crippen LogP contribution in [0.3, 0.4) is 0 Å². The molecule has 3 heteroatoms. The van der Waals surface area contributed by atoms with E-state index in [1.165, 1.54) is 0 Å². The van der Waals surface area contributed by atoms with E-state index in [4.69, 9.17) is 4.74 Å². The molecule has 92 valence electrons. The molecule has 0 bridgehead atoms. The molecule has 0 saturated heterocycles. The summed E-state index contributed by atoms with van der Waals surface area (Å²) < 4.78 is 5.59. The molecule has 0 spiro atoms. The van der Waals surface area contributed by atoms with Gasteiger partial charge in [-0.25, -0.2) is 0 Å². The molecule has 3 nitrogen and oxygen atoms in total. The van der Waals surface area contributed by atoms with Gasteiger partial charge >= 0.3 is 0 Å². The minimum atomic E-state index is -0.630. The molecule has 17 heavy (non-hydrogen) atoms. The molecule has 1 aromatic carbocycles. The lowest BCUT2D eigenvalue weighted by Gasteiger charge is -2.24. The first kappa shape index (κ1) is 12.3. The lowest BCUT2D eigenvalue weighted by molar-refractivity contribution is -0.132. The second-order valence-electron chi connectivity index (χ2n) is 4.69. The second kappa shape index (κ2) is 5.43. The van der Waals surface area contributed by atoms with Crippen LogP contribution in [0.5, 0.6) is 0 Å². The van der Waals surface area contributed by atoms with Gasteiger partial charge in [0.2, 0.25) is 0 Å². The monoisotopic (exact) mass is 234 g/mol. The van der Waals surface area contributed by atoms with Crippen molar-refractivity contribution in [1.82, 2.24) is 0 Å². The van der Waals surface area contributed by atoms with Crippen molar-refractivity contribution in [3.63, 3.8) is 0 Å². The maximum absolute atomic E-state index is 11.7. The van der Waals surface area contributed by atoms with Gasteiger partial charge in [0, 0.05) is 6.42 Å². The first-order chi connectivity index (χ1) is 8.27. The summed E-state index contributed by atoms with van der Waals surface area (Å²) in [6.07, 6.45) is 2.19. The number of carbonyl (C=O) groups is 1. The molecule has 0 heterocycles. The van der Waals surface area contributed by atoms with Crippen LogP contribution < -0.4 is 0 Å². The Labute approximate surface area is 101 Å². The summed E-state index contributed by atoms with van der Waals surface area (Å²) in [6.45, 7) is 0.730. The first-order valence-corrected chi connectivity index (χ1v) is 6.03. The summed E-state index contributed by atoms with van der Waals surface area (Å²) >= 11 is 0. The number of ketones is 1. The van der Waals surface area contributed by atoms with Gasteiger partial charge < -0.3 is 9.84 Å². The molecule has 0 radical (unpaired) electrons. The van der Waals surface area contributed by atoms with E-state index in [-0.39, 0.29) is 12.4 Å². The highest BCUT2D eigenvalue weighted by Gasteiger charge is 2.41. The number of aliphatic hydroxyl groups is 1. The van der Waals surface area contributed by atoms with E-state index in [1.807, 2.05) is 30.3 Å². The van der Waals surface area contributed by atoms with Crippen LogP contribution >= 0.6 is 0 Å². The van der Waals surface area contributed by atoms with Crippen molar-refractivity contribution in [3.8, 4) is 0 Å². The highest BCUT2D eigenvalue weighted by molar-refractivity contribution is 5.87. The topological polar surface area (TPSA) is 46.5 Å². The van der Waals surface area contributed by atoms with Crippen LogP contribution in [0, 0.1) is 5.41 Å². The van der Waals surface area contributed by atoms with E-state index in [9.17, 15) is 9.90 Å². The molecule has 0 aliphatic heterocycles. The van der Waals surface area contributed by atoms with Gasteiger partial charge in [0.15, 0.2) is 0 Å². The summed E-state index contributed by atoms with van der Waals surface area (Å²) in [5.74, 6) is 0.146. The van der Waals surface area contributed by atoms with Gasteiger partial charge in [-0.05, 0) is 18.4 Å². The Morgan fingerprint density at radius 1 is 1.29 bits per heavy atom. The van der Waals surface area contributed by atoms with E-state index >= 15 is 0 Å². The number of hydrogen-bond donors (Lipinski definition) is 1. The van der Waals surface area contributed by atoms with Gasteiger partial charge in [-0.2, -0.15) is 0 Å². The van der Waals surface area contributed by atoms with Crippen molar-refractivity contribution >= 4 is 5.78 Å². The second-order valence-corrected chi connectivity index (χ2v) is 4.69. The Kier molecular flexibility index (Phi) is 3.92. The molecule has 1 aliphatic carbocycles. The normalized spacial score (nSPS) is 24.2. The number of benzene rings is 1. The van der Waals surface area contributed by atoms with E-state index in [0.717, 1.165) is 18.4 Å². The summed E-state index contributed by atoms with van der Waals surface area (Å²) in [4.78, 5) is 11.7. The van der Waals surface area contributed by atoms with Crippen LogP contribution in [0.1, 0.15) is 24.8 Å². The molecule has 1 saturated carbocycles. The Morgan fingerprint density at radius 3 is 2.65 bits per heavy atom. The number of carbonyl (C=O) groups excluding carboxylic acids is 1. The average molecular weight is 234 g/mol. The molecule has 0 amide bonds. The molecular weight excluding hydrogens is 216 g/mol. The highest BCUT2D eigenvalue weighted by Crippen LogP contribution is 2.34. The Morgan fingerprint density at radius 2 is 2.06 bits per heavy atom. The van der Waals surface area contributed by atoms with Crippen molar-refractivity contribution < 1.29 is 14.6 Å². The lowest BCUT2D eigenvalue weighted by Crippen LogP contribution is -2.35. The zero-order valence-corrected chi connectivity index (χ0v) is 9.89. The van der Waals surface area contributed by atoms with Crippen molar-refractivity contribution in [2.45, 2.75) is 25.9 Å². The van der Waals surface area contributed by atoms with Crippen LogP contribution in [-0.4, -0.2) is 24.1 Å². The third-order valence-electron chi connectivity index (χ3n) is 3.44. The Bertz CT molecular complexity index is 374. The largest absolute Gasteiger partial charge is 0.395 e. The molecule has 2 rings (SSSR count). The standard InChI is InChI=1S/C14H18O3/c15-10-14(8-4-7-13(14)16)11-17-9-12-5-2-1-3-6-12/h1-3,5-6,15H,4,7-11H2/t14-/m0/s1. The fraction of sp³-hybridized carbons (Fsp3) is 0.500. The minimum Gasteiger partial charge on any atom is -0.395 e. The predicted molar refractivity (Wildman–Crippen MR) is 64.5 cm³/mol. The third kappa shape index (κ3) is 2.73. The van der Waals surface area contributed by atoms with Gasteiger partial charge in [0.25, 0.3) is 0 Å². The molecule has 1 fully saturated rings. The molecular formula is C14H18O3. The fourth-order valence-corrected chi connectivity index (χ4v) is 2.30. The average Bonchev–Trinajstić information content (AvgIpc) is 2.73. The molecule has 1 aliphatic rings. The van der Waals surface area contributed by atoms with Crippen molar-refractivity contribution in [2.75, 3.05) is 13.2 Å².